The van der Waals surface area contributed by atoms with Gasteiger partial charge in [-0.2, -0.15) is 0 Å². The van der Waals surface area contributed by atoms with Crippen LogP contribution in [0.5, 0.6) is 0 Å². The number of thiazole rings is 1. The van der Waals surface area contributed by atoms with E-state index >= 15 is 0 Å². The molecule has 6 aromatic heterocycles. The molecule has 3 N–H and O–H groups in total. The van der Waals surface area contributed by atoms with Gasteiger partial charge in [0.15, 0.2) is 14.3 Å². The van der Waals surface area contributed by atoms with Gasteiger partial charge in [-0.05, 0) is 110 Å². The van der Waals surface area contributed by atoms with Crippen LogP contribution in [0.25, 0.3) is 32.7 Å². The fraction of sp³-hybridized carbons (Fsp3) is 0.100. The molecule has 0 spiro atoms. The van der Waals surface area contributed by atoms with E-state index < -0.39 is 5.82 Å². The number of aromatic amines is 3. The maximum absolute atomic E-state index is 13.3. The predicted molar refractivity (Wildman–Crippen MR) is 227 cm³/mol. The van der Waals surface area contributed by atoms with Crippen molar-refractivity contribution in [3.05, 3.63) is 188 Å². The summed E-state index contributed by atoms with van der Waals surface area (Å²) in [7, 11) is 0. The fourth-order valence-electron chi connectivity index (χ4n) is 5.87. The highest BCUT2D eigenvalue weighted by Gasteiger charge is 2.10. The van der Waals surface area contributed by atoms with Gasteiger partial charge in [0, 0.05) is 17.3 Å². The highest BCUT2D eigenvalue weighted by molar-refractivity contribution is 7.71. The third-order valence-electron chi connectivity index (χ3n) is 8.62. The van der Waals surface area contributed by atoms with Crippen molar-refractivity contribution in [3.63, 3.8) is 0 Å². The van der Waals surface area contributed by atoms with Gasteiger partial charge in [-0.25, -0.2) is 9.37 Å². The Balaban J connectivity index is 0.000000131. The van der Waals surface area contributed by atoms with E-state index in [1.807, 2.05) is 60.8 Å². The molecule has 0 saturated carbocycles. The number of aryl methyl sites for hydroxylation is 1. The molecule has 57 heavy (non-hydrogen) atoms. The van der Waals surface area contributed by atoms with Crippen molar-refractivity contribution in [2.45, 2.75) is 26.6 Å². The summed E-state index contributed by atoms with van der Waals surface area (Å²) in [4.78, 5) is 54.7. The molecule has 0 aliphatic heterocycles. The van der Waals surface area contributed by atoms with Crippen LogP contribution in [0.15, 0.2) is 134 Å². The number of nitrogens with zero attached hydrogens (tertiary/aromatic N) is 5. The predicted octanol–water partition coefficient (Wildman–Crippen LogP) is 8.21. The number of hydrogen-bond acceptors (Lipinski definition) is 10. The van der Waals surface area contributed by atoms with E-state index in [2.05, 4.69) is 24.9 Å². The lowest BCUT2D eigenvalue weighted by Gasteiger charge is -2.07. The van der Waals surface area contributed by atoms with Crippen molar-refractivity contribution in [3.8, 4) is 0 Å². The maximum Gasteiger partial charge on any atom is 0.262 e. The zero-order valence-corrected chi connectivity index (χ0v) is 33.2. The van der Waals surface area contributed by atoms with Crippen LogP contribution in [0.3, 0.4) is 0 Å². The summed E-state index contributed by atoms with van der Waals surface area (Å²) < 4.78 is 24.1. The van der Waals surface area contributed by atoms with Gasteiger partial charge in [0.2, 0.25) is 0 Å². The second kappa shape index (κ2) is 17.3. The van der Waals surface area contributed by atoms with Gasteiger partial charge < -0.3 is 19.4 Å². The molecular formula is C40H31FN8O4S4. The van der Waals surface area contributed by atoms with Gasteiger partial charge >= 0.3 is 0 Å². The van der Waals surface area contributed by atoms with E-state index in [9.17, 15) is 18.8 Å². The fourth-order valence-corrected chi connectivity index (χ4v) is 7.41. The highest BCUT2D eigenvalue weighted by atomic mass is 32.1. The molecule has 17 heteroatoms. The second-order valence-corrected chi connectivity index (χ2v) is 14.6. The minimum absolute atomic E-state index is 0.0767. The van der Waals surface area contributed by atoms with E-state index in [0.717, 1.165) is 21.7 Å². The monoisotopic (exact) mass is 834 g/mol. The number of pyridine rings is 1. The molecule has 0 aliphatic carbocycles. The summed E-state index contributed by atoms with van der Waals surface area (Å²) in [6.45, 7) is 2.94. The van der Waals surface area contributed by atoms with Crippen molar-refractivity contribution in [2.75, 3.05) is 0 Å². The van der Waals surface area contributed by atoms with Gasteiger partial charge in [0.1, 0.15) is 16.6 Å². The minimum Gasteiger partial charge on any atom is -0.467 e. The van der Waals surface area contributed by atoms with Crippen LogP contribution >= 0.6 is 48.0 Å². The van der Waals surface area contributed by atoms with Crippen molar-refractivity contribution >= 4 is 80.7 Å². The van der Waals surface area contributed by atoms with Gasteiger partial charge in [0.25, 0.3) is 16.7 Å². The Labute approximate surface area is 341 Å². The molecule has 0 bridgehead atoms. The summed E-state index contributed by atoms with van der Waals surface area (Å²) in [6.07, 6.45) is 3.22. The van der Waals surface area contributed by atoms with E-state index in [0.29, 0.717) is 55.1 Å². The first-order chi connectivity index (χ1) is 27.5. The molecule has 0 unspecified atom stereocenters. The third kappa shape index (κ3) is 8.92. The number of para-hydroxylation sites is 2. The van der Waals surface area contributed by atoms with Crippen molar-refractivity contribution < 1.29 is 8.81 Å². The Hall–Kier alpha value is -6.27. The Morgan fingerprint density at radius 3 is 1.79 bits per heavy atom. The zero-order chi connectivity index (χ0) is 40.1. The van der Waals surface area contributed by atoms with Crippen LogP contribution in [0.1, 0.15) is 22.2 Å². The second-order valence-electron chi connectivity index (χ2n) is 12.5. The standard InChI is InChI=1S/C14H10FN3OS.C13H11N3OS2.C13H10N2O2S/c15-9-4-5-12-11(7-9)13(19)18(14(20)17-12)8-10-3-1-2-6-16-10;1-8-7-19-11(14-8)6-16-12(17)9-4-2-3-5-10(9)15-13(16)18;16-12-10-5-1-2-6-11(10)14-13(18)15(12)8-9-4-3-7-17-9/h1-7H,8H2,(H,17,20);2-5,7H,6H2,1H3,(H,15,18);1-7H,8H2,(H,14,18). The Morgan fingerprint density at radius 1 is 0.667 bits per heavy atom. The number of rotatable bonds is 6. The number of halogens is 1. The SMILES string of the molecule is Cc1csc(Cn2c(=S)[nH]c3ccccc3c2=O)n1.O=c1c2cc(F)ccc2[nH]c(=S)n1Cc1ccccn1.O=c1c2ccccc2[nH]c(=S)n1Cc1ccco1. The molecule has 286 valence electrons. The van der Waals surface area contributed by atoms with Crippen molar-refractivity contribution in [1.82, 2.24) is 38.6 Å². The third-order valence-corrected chi connectivity index (χ3v) is 10.5. The largest absolute Gasteiger partial charge is 0.467 e. The first-order valence-electron chi connectivity index (χ1n) is 17.2. The molecule has 6 heterocycles. The molecule has 0 amide bonds. The van der Waals surface area contributed by atoms with Crippen LogP contribution < -0.4 is 16.7 Å². The number of aromatic nitrogens is 8. The smallest absolute Gasteiger partial charge is 0.262 e. The molecule has 3 aromatic carbocycles. The number of fused-ring (bicyclic) bond motifs is 3. The lowest BCUT2D eigenvalue weighted by molar-refractivity contribution is 0.487. The van der Waals surface area contributed by atoms with Gasteiger partial charge in [-0.3, -0.25) is 33.1 Å². The molecule has 0 atom stereocenters. The quantitative estimate of drug-likeness (QED) is 0.141. The number of benzene rings is 3. The number of hydrogen-bond donors (Lipinski definition) is 3. The molecule has 0 fully saturated rings. The summed E-state index contributed by atoms with van der Waals surface area (Å²) in [6, 6.07) is 27.7. The Bertz CT molecular complexity index is 3240. The van der Waals surface area contributed by atoms with Crippen LogP contribution in [-0.4, -0.2) is 38.6 Å². The lowest BCUT2D eigenvalue weighted by Crippen LogP contribution is -2.23. The number of furan rings is 1. The van der Waals surface area contributed by atoms with Crippen LogP contribution in [0.4, 0.5) is 4.39 Å². The van der Waals surface area contributed by atoms with Gasteiger partial charge in [-0.15, -0.1) is 11.3 Å². The maximum atomic E-state index is 13.3. The molecule has 9 aromatic rings. The van der Waals surface area contributed by atoms with Gasteiger partial charge in [0.05, 0.1) is 64.3 Å². The van der Waals surface area contributed by atoms with E-state index in [1.165, 1.54) is 38.7 Å². The summed E-state index contributed by atoms with van der Waals surface area (Å²) >= 11 is 17.2. The topological polar surface area (TPSA) is 152 Å². The highest BCUT2D eigenvalue weighted by Crippen LogP contribution is 2.13. The summed E-state index contributed by atoms with van der Waals surface area (Å²) in [5.41, 5.74) is 3.21. The van der Waals surface area contributed by atoms with Crippen molar-refractivity contribution in [2.24, 2.45) is 0 Å². The van der Waals surface area contributed by atoms with E-state index in [-0.39, 0.29) is 28.6 Å². The number of nitrogens with one attached hydrogen (secondary N) is 3. The molecule has 12 nitrogen and oxygen atoms in total. The first-order valence-corrected chi connectivity index (χ1v) is 19.4. The average molecular weight is 835 g/mol. The lowest BCUT2D eigenvalue weighted by atomic mass is 10.2. The molecule has 0 aliphatic rings. The van der Waals surface area contributed by atoms with E-state index in [1.54, 1.807) is 47.4 Å². The Morgan fingerprint density at radius 2 is 1.23 bits per heavy atom. The zero-order valence-electron chi connectivity index (χ0n) is 30.0. The van der Waals surface area contributed by atoms with Crippen LogP contribution in [-0.2, 0) is 19.6 Å². The van der Waals surface area contributed by atoms with E-state index in [4.69, 9.17) is 41.1 Å². The van der Waals surface area contributed by atoms with Crippen LogP contribution in [0, 0.1) is 27.1 Å². The van der Waals surface area contributed by atoms with Gasteiger partial charge in [-0.1, -0.05) is 30.3 Å². The molecule has 0 radical (unpaired) electrons. The van der Waals surface area contributed by atoms with Crippen molar-refractivity contribution in [1.29, 1.82) is 0 Å². The molecule has 0 saturated heterocycles. The minimum atomic E-state index is -0.454. The normalized spacial score (nSPS) is 10.9. The number of H-pyrrole nitrogens is 3. The first kappa shape index (κ1) is 39.0. The Kier molecular flexibility index (Phi) is 11.8. The average Bonchev–Trinajstić information content (AvgIpc) is 3.89. The summed E-state index contributed by atoms with van der Waals surface area (Å²) in [5.74, 6) is 0.247. The molecular weight excluding hydrogens is 804 g/mol. The molecule has 9 rings (SSSR count). The summed E-state index contributed by atoms with van der Waals surface area (Å²) in [5, 5.41) is 4.39. The van der Waals surface area contributed by atoms with Crippen LogP contribution in [0.2, 0.25) is 0 Å².